The van der Waals surface area contributed by atoms with E-state index in [1.807, 2.05) is 54.1 Å². The minimum atomic E-state index is -4.53. The lowest BCUT2D eigenvalue weighted by Gasteiger charge is -2.10. The molecule has 0 amide bonds. The molecule has 0 aliphatic rings. The predicted octanol–water partition coefficient (Wildman–Crippen LogP) is 6.28. The van der Waals surface area contributed by atoms with Crippen LogP contribution in [0.4, 0.5) is 13.2 Å². The molecule has 2 heterocycles. The van der Waals surface area contributed by atoms with E-state index in [0.29, 0.717) is 17.0 Å². The Balaban J connectivity index is 1.64. The van der Waals surface area contributed by atoms with Crippen molar-refractivity contribution in [1.82, 2.24) is 19.7 Å². The van der Waals surface area contributed by atoms with Gasteiger partial charge < -0.3 is 8.98 Å². The van der Waals surface area contributed by atoms with Crippen LogP contribution in [0.3, 0.4) is 0 Å². The molecule has 0 saturated heterocycles. The standard InChI is InChI=1S/C24H17F3N4O/c1-14-10-19(24(25,26)27)21-20(11-14)29-23(32-21)16-7-5-6-15(12-16)17-8-3-4-9-18(17)22-30-28-13-31(22)2/h3-13H,1-2H3. The number of hydrogen-bond acceptors (Lipinski definition) is 4. The average molecular weight is 434 g/mol. The second-order valence-electron chi connectivity index (χ2n) is 7.57. The summed E-state index contributed by atoms with van der Waals surface area (Å²) in [4.78, 5) is 4.35. The van der Waals surface area contributed by atoms with Crippen molar-refractivity contribution in [3.63, 3.8) is 0 Å². The van der Waals surface area contributed by atoms with E-state index in [0.717, 1.165) is 22.8 Å². The molecule has 0 aliphatic heterocycles. The number of oxazole rings is 1. The third-order valence-electron chi connectivity index (χ3n) is 5.24. The van der Waals surface area contributed by atoms with Crippen molar-refractivity contribution < 1.29 is 17.6 Å². The highest BCUT2D eigenvalue weighted by atomic mass is 19.4. The van der Waals surface area contributed by atoms with Crippen molar-refractivity contribution >= 4 is 11.1 Å². The van der Waals surface area contributed by atoms with Gasteiger partial charge >= 0.3 is 6.18 Å². The molecule has 0 atom stereocenters. The Morgan fingerprint density at radius 3 is 2.38 bits per heavy atom. The molecule has 0 N–H and O–H groups in total. The molecule has 5 nitrogen and oxygen atoms in total. The number of fused-ring (bicyclic) bond motifs is 1. The maximum atomic E-state index is 13.5. The van der Waals surface area contributed by atoms with Gasteiger partial charge in [-0.25, -0.2) is 4.98 Å². The van der Waals surface area contributed by atoms with E-state index < -0.39 is 11.7 Å². The Kier molecular flexibility index (Phi) is 4.58. The number of halogens is 3. The molecule has 0 spiro atoms. The fourth-order valence-electron chi connectivity index (χ4n) is 3.78. The summed E-state index contributed by atoms with van der Waals surface area (Å²) < 4.78 is 48.0. The van der Waals surface area contributed by atoms with Gasteiger partial charge in [0.15, 0.2) is 11.4 Å². The first-order valence-electron chi connectivity index (χ1n) is 9.84. The van der Waals surface area contributed by atoms with Crippen molar-refractivity contribution in [2.75, 3.05) is 0 Å². The summed E-state index contributed by atoms with van der Waals surface area (Å²) in [6.45, 7) is 1.60. The SMILES string of the molecule is Cc1cc(C(F)(F)F)c2oc(-c3cccc(-c4ccccc4-c4nncn4C)c3)nc2c1. The lowest BCUT2D eigenvalue weighted by atomic mass is 9.97. The number of rotatable bonds is 3. The number of aryl methyl sites for hydroxylation is 2. The summed E-state index contributed by atoms with van der Waals surface area (Å²) in [5, 5.41) is 8.15. The van der Waals surface area contributed by atoms with Crippen LogP contribution in [0, 0.1) is 6.92 Å². The zero-order chi connectivity index (χ0) is 22.5. The van der Waals surface area contributed by atoms with Crippen molar-refractivity contribution in [2.24, 2.45) is 7.05 Å². The molecule has 0 aliphatic carbocycles. The van der Waals surface area contributed by atoms with Crippen LogP contribution < -0.4 is 0 Å². The predicted molar refractivity (Wildman–Crippen MR) is 115 cm³/mol. The first kappa shape index (κ1) is 20.0. The lowest BCUT2D eigenvalue weighted by Crippen LogP contribution is -2.05. The number of aromatic nitrogens is 4. The number of hydrogen-bond donors (Lipinski definition) is 0. The second kappa shape index (κ2) is 7.33. The van der Waals surface area contributed by atoms with Gasteiger partial charge in [-0.3, -0.25) is 0 Å². The summed E-state index contributed by atoms with van der Waals surface area (Å²) >= 11 is 0. The maximum absolute atomic E-state index is 13.5. The molecular formula is C24H17F3N4O. The van der Waals surface area contributed by atoms with Gasteiger partial charge in [0.1, 0.15) is 17.4 Å². The molecule has 0 fully saturated rings. The number of benzene rings is 3. The van der Waals surface area contributed by atoms with Crippen LogP contribution in [0.1, 0.15) is 11.1 Å². The fraction of sp³-hybridized carbons (Fsp3) is 0.125. The zero-order valence-electron chi connectivity index (χ0n) is 17.2. The van der Waals surface area contributed by atoms with Crippen LogP contribution in [-0.2, 0) is 13.2 Å². The van der Waals surface area contributed by atoms with E-state index in [-0.39, 0.29) is 17.0 Å². The molecule has 2 aromatic heterocycles. The van der Waals surface area contributed by atoms with Gasteiger partial charge in [0.05, 0.1) is 0 Å². The van der Waals surface area contributed by atoms with Crippen LogP contribution in [0.5, 0.6) is 0 Å². The second-order valence-corrected chi connectivity index (χ2v) is 7.57. The van der Waals surface area contributed by atoms with Crippen LogP contribution in [0.2, 0.25) is 0 Å². The topological polar surface area (TPSA) is 56.7 Å². The molecule has 0 bridgehead atoms. The molecule has 160 valence electrons. The van der Waals surface area contributed by atoms with E-state index in [4.69, 9.17) is 4.42 Å². The smallest absolute Gasteiger partial charge is 0.420 e. The Hall–Kier alpha value is -3.94. The van der Waals surface area contributed by atoms with E-state index in [2.05, 4.69) is 15.2 Å². The minimum absolute atomic E-state index is 0.133. The summed E-state index contributed by atoms with van der Waals surface area (Å²) in [6, 6.07) is 17.8. The quantitative estimate of drug-likeness (QED) is 0.335. The highest BCUT2D eigenvalue weighted by Crippen LogP contribution is 2.38. The molecule has 0 radical (unpaired) electrons. The molecule has 0 saturated carbocycles. The van der Waals surface area contributed by atoms with Gasteiger partial charge in [-0.1, -0.05) is 36.4 Å². The average Bonchev–Trinajstić information content (AvgIpc) is 3.38. The van der Waals surface area contributed by atoms with E-state index >= 15 is 0 Å². The van der Waals surface area contributed by atoms with Crippen LogP contribution in [-0.4, -0.2) is 19.7 Å². The Morgan fingerprint density at radius 1 is 0.906 bits per heavy atom. The van der Waals surface area contributed by atoms with Gasteiger partial charge in [-0.2, -0.15) is 13.2 Å². The van der Waals surface area contributed by atoms with Gasteiger partial charge in [0.2, 0.25) is 5.89 Å². The van der Waals surface area contributed by atoms with Crippen LogP contribution in [0.25, 0.3) is 45.1 Å². The lowest BCUT2D eigenvalue weighted by molar-refractivity contribution is -0.136. The zero-order valence-corrected chi connectivity index (χ0v) is 17.2. The van der Waals surface area contributed by atoms with Gasteiger partial charge in [0.25, 0.3) is 0 Å². The summed E-state index contributed by atoms with van der Waals surface area (Å²) in [5.41, 5.74) is 2.80. The summed E-state index contributed by atoms with van der Waals surface area (Å²) in [7, 11) is 1.86. The third kappa shape index (κ3) is 3.43. The Labute approximate surface area is 181 Å². The van der Waals surface area contributed by atoms with Crippen LogP contribution in [0.15, 0.2) is 71.4 Å². The van der Waals surface area contributed by atoms with Gasteiger partial charge in [0, 0.05) is 18.2 Å². The molecule has 32 heavy (non-hydrogen) atoms. The maximum Gasteiger partial charge on any atom is 0.420 e. The van der Waals surface area contributed by atoms with Crippen molar-refractivity contribution in [3.8, 4) is 34.0 Å². The highest BCUT2D eigenvalue weighted by molar-refractivity contribution is 5.84. The number of nitrogens with zero attached hydrogens (tertiary/aromatic N) is 4. The highest BCUT2D eigenvalue weighted by Gasteiger charge is 2.35. The molecule has 5 aromatic rings. The monoisotopic (exact) mass is 434 g/mol. The fourth-order valence-corrected chi connectivity index (χ4v) is 3.78. The normalized spacial score (nSPS) is 11.9. The summed E-state index contributed by atoms with van der Waals surface area (Å²) in [6.07, 6.45) is -2.90. The molecular weight excluding hydrogens is 417 g/mol. The first-order valence-corrected chi connectivity index (χ1v) is 9.84. The Morgan fingerprint density at radius 2 is 1.66 bits per heavy atom. The first-order chi connectivity index (χ1) is 15.3. The van der Waals surface area contributed by atoms with Crippen molar-refractivity contribution in [3.05, 3.63) is 78.1 Å². The molecule has 3 aromatic carbocycles. The molecule has 0 unspecified atom stereocenters. The van der Waals surface area contributed by atoms with Crippen molar-refractivity contribution in [2.45, 2.75) is 13.1 Å². The van der Waals surface area contributed by atoms with Crippen molar-refractivity contribution in [1.29, 1.82) is 0 Å². The van der Waals surface area contributed by atoms with Crippen LogP contribution >= 0.6 is 0 Å². The Bertz CT molecular complexity index is 1450. The van der Waals surface area contributed by atoms with E-state index in [9.17, 15) is 13.2 Å². The largest absolute Gasteiger partial charge is 0.435 e. The summed E-state index contributed by atoms with van der Waals surface area (Å²) in [5.74, 6) is 0.840. The number of alkyl halides is 3. The van der Waals surface area contributed by atoms with E-state index in [1.54, 1.807) is 25.4 Å². The third-order valence-corrected chi connectivity index (χ3v) is 5.24. The minimum Gasteiger partial charge on any atom is -0.435 e. The molecule has 8 heteroatoms. The van der Waals surface area contributed by atoms with Gasteiger partial charge in [-0.05, 0) is 47.9 Å². The van der Waals surface area contributed by atoms with E-state index in [1.165, 1.54) is 0 Å². The van der Waals surface area contributed by atoms with Gasteiger partial charge in [-0.15, -0.1) is 10.2 Å². The molecule has 5 rings (SSSR count).